The number of hydrogen-bond donors (Lipinski definition) is 0. The molecule has 1 saturated carbocycles. The number of aromatic nitrogens is 1. The summed E-state index contributed by atoms with van der Waals surface area (Å²) in [7, 11) is 0. The van der Waals surface area contributed by atoms with Crippen LogP contribution in [-0.2, 0) is 9.53 Å². The summed E-state index contributed by atoms with van der Waals surface area (Å²) in [6.45, 7) is 3.90. The fourth-order valence-corrected chi connectivity index (χ4v) is 2.97. The zero-order chi connectivity index (χ0) is 14.2. The Morgan fingerprint density at radius 3 is 2.90 bits per heavy atom. The summed E-state index contributed by atoms with van der Waals surface area (Å²) in [4.78, 5) is 18.4. The summed E-state index contributed by atoms with van der Waals surface area (Å²) in [6.07, 6.45) is 5.33. The van der Waals surface area contributed by atoms with Crippen LogP contribution in [0.4, 0.5) is 0 Å². The van der Waals surface area contributed by atoms with Crippen LogP contribution in [0.5, 0.6) is 0 Å². The molecule has 3 rings (SSSR count). The third-order valence-corrected chi connectivity index (χ3v) is 4.84. The lowest BCUT2D eigenvalue weighted by atomic mass is 10.1. The van der Waals surface area contributed by atoms with Gasteiger partial charge in [-0.25, -0.2) is 0 Å². The highest BCUT2D eigenvalue weighted by Crippen LogP contribution is 2.52. The molecule has 0 unspecified atom stereocenters. The average molecular weight is 339 g/mol. The van der Waals surface area contributed by atoms with Crippen LogP contribution in [0.15, 0.2) is 22.8 Å². The first kappa shape index (κ1) is 14.0. The van der Waals surface area contributed by atoms with Crippen molar-refractivity contribution in [3.8, 4) is 0 Å². The van der Waals surface area contributed by atoms with E-state index in [2.05, 4.69) is 20.9 Å². The largest absolute Gasteiger partial charge is 0.362 e. The van der Waals surface area contributed by atoms with E-state index in [4.69, 9.17) is 4.74 Å². The molecule has 1 aromatic heterocycles. The van der Waals surface area contributed by atoms with Gasteiger partial charge in [0.25, 0.3) is 0 Å². The molecule has 1 spiro atoms. The monoisotopic (exact) mass is 338 g/mol. The van der Waals surface area contributed by atoms with Crippen LogP contribution < -0.4 is 0 Å². The molecule has 5 heteroatoms. The maximum atomic E-state index is 12.1. The SMILES string of the molecule is C[C@@H](OCC(=O)N1CCC2(CC2)C1)c1ccc(Br)cn1. The number of carbonyl (C=O) groups is 1. The average Bonchev–Trinajstić information content (AvgIpc) is 3.06. The van der Waals surface area contributed by atoms with Gasteiger partial charge in [0.05, 0.1) is 11.8 Å². The Kier molecular flexibility index (Phi) is 3.82. The van der Waals surface area contributed by atoms with Crippen molar-refractivity contribution in [2.75, 3.05) is 19.7 Å². The van der Waals surface area contributed by atoms with E-state index >= 15 is 0 Å². The normalized spacial score (nSPS) is 21.2. The van der Waals surface area contributed by atoms with E-state index in [0.717, 1.165) is 23.3 Å². The van der Waals surface area contributed by atoms with Crippen LogP contribution in [0, 0.1) is 5.41 Å². The van der Waals surface area contributed by atoms with E-state index < -0.39 is 0 Å². The molecule has 1 saturated heterocycles. The number of pyridine rings is 1. The first-order valence-corrected chi connectivity index (χ1v) is 7.88. The van der Waals surface area contributed by atoms with Gasteiger partial charge in [0.15, 0.2) is 0 Å². The number of halogens is 1. The predicted molar refractivity (Wildman–Crippen MR) is 79.2 cm³/mol. The van der Waals surface area contributed by atoms with Gasteiger partial charge in [-0.05, 0) is 59.7 Å². The third kappa shape index (κ3) is 3.04. The van der Waals surface area contributed by atoms with E-state index in [1.165, 1.54) is 19.3 Å². The Morgan fingerprint density at radius 2 is 2.30 bits per heavy atom. The zero-order valence-corrected chi connectivity index (χ0v) is 13.2. The number of hydrogen-bond acceptors (Lipinski definition) is 3. The van der Waals surface area contributed by atoms with Crippen LogP contribution >= 0.6 is 15.9 Å². The zero-order valence-electron chi connectivity index (χ0n) is 11.6. The Hall–Kier alpha value is -0.940. The molecule has 1 aliphatic heterocycles. The Morgan fingerprint density at radius 1 is 1.50 bits per heavy atom. The van der Waals surface area contributed by atoms with E-state index in [1.54, 1.807) is 6.20 Å². The molecular formula is C15H19BrN2O2. The van der Waals surface area contributed by atoms with Gasteiger partial charge >= 0.3 is 0 Å². The summed E-state index contributed by atoms with van der Waals surface area (Å²) < 4.78 is 6.60. The van der Waals surface area contributed by atoms with Crippen LogP contribution in [0.2, 0.25) is 0 Å². The molecule has 108 valence electrons. The van der Waals surface area contributed by atoms with Gasteiger partial charge in [0.2, 0.25) is 5.91 Å². The predicted octanol–water partition coefficient (Wildman–Crippen LogP) is 2.93. The van der Waals surface area contributed by atoms with Crippen LogP contribution in [0.1, 0.15) is 38.0 Å². The second-order valence-corrected chi connectivity index (χ2v) is 6.84. The molecule has 20 heavy (non-hydrogen) atoms. The van der Waals surface area contributed by atoms with E-state index in [-0.39, 0.29) is 18.6 Å². The Bertz CT molecular complexity index is 499. The number of rotatable bonds is 4. The van der Waals surface area contributed by atoms with Gasteiger partial charge < -0.3 is 9.64 Å². The highest BCUT2D eigenvalue weighted by atomic mass is 79.9. The van der Waals surface area contributed by atoms with Gasteiger partial charge in [-0.15, -0.1) is 0 Å². The van der Waals surface area contributed by atoms with Crippen LogP contribution in [0.25, 0.3) is 0 Å². The summed E-state index contributed by atoms with van der Waals surface area (Å²) in [5.41, 5.74) is 1.33. The van der Waals surface area contributed by atoms with E-state index in [1.807, 2.05) is 24.0 Å². The molecule has 0 bridgehead atoms. The molecule has 2 aliphatic rings. The molecule has 1 amide bonds. The number of ether oxygens (including phenoxy) is 1. The minimum absolute atomic E-state index is 0.109. The van der Waals surface area contributed by atoms with Gasteiger partial charge in [0.1, 0.15) is 6.61 Å². The van der Waals surface area contributed by atoms with Gasteiger partial charge in [-0.1, -0.05) is 0 Å². The first-order valence-electron chi connectivity index (χ1n) is 7.09. The fourth-order valence-electron chi connectivity index (χ4n) is 2.73. The molecule has 4 nitrogen and oxygen atoms in total. The smallest absolute Gasteiger partial charge is 0.248 e. The Balaban J connectivity index is 1.49. The summed E-state index contributed by atoms with van der Waals surface area (Å²) in [5, 5.41) is 0. The maximum Gasteiger partial charge on any atom is 0.248 e. The highest BCUT2D eigenvalue weighted by Gasteiger charge is 2.48. The maximum absolute atomic E-state index is 12.1. The number of nitrogens with zero attached hydrogens (tertiary/aromatic N) is 2. The van der Waals surface area contributed by atoms with Gasteiger partial charge in [0, 0.05) is 23.8 Å². The van der Waals surface area contributed by atoms with Crippen molar-refractivity contribution in [3.63, 3.8) is 0 Å². The molecule has 1 aromatic rings. The molecule has 0 radical (unpaired) electrons. The van der Waals surface area contributed by atoms with E-state index in [0.29, 0.717) is 5.41 Å². The highest BCUT2D eigenvalue weighted by molar-refractivity contribution is 9.10. The van der Waals surface area contributed by atoms with Gasteiger partial charge in [-0.3, -0.25) is 9.78 Å². The number of amides is 1. The van der Waals surface area contributed by atoms with E-state index in [9.17, 15) is 4.79 Å². The van der Waals surface area contributed by atoms with Crippen molar-refractivity contribution in [2.24, 2.45) is 5.41 Å². The van der Waals surface area contributed by atoms with Crippen molar-refractivity contribution in [2.45, 2.75) is 32.3 Å². The molecule has 1 aliphatic carbocycles. The van der Waals surface area contributed by atoms with Crippen molar-refractivity contribution in [3.05, 3.63) is 28.5 Å². The minimum atomic E-state index is -0.162. The standard InChI is InChI=1S/C15H19BrN2O2/c1-11(13-3-2-12(16)8-17-13)20-9-14(19)18-7-6-15(10-18)4-5-15/h2-3,8,11H,4-7,9-10H2,1H3/t11-/m1/s1. The Labute approximate surface area is 127 Å². The molecular weight excluding hydrogens is 320 g/mol. The minimum Gasteiger partial charge on any atom is -0.362 e. The van der Waals surface area contributed by atoms with Gasteiger partial charge in [-0.2, -0.15) is 0 Å². The van der Waals surface area contributed by atoms with Crippen molar-refractivity contribution in [1.82, 2.24) is 9.88 Å². The lowest BCUT2D eigenvalue weighted by molar-refractivity contribution is -0.137. The summed E-state index contributed by atoms with van der Waals surface area (Å²) in [6, 6.07) is 3.84. The lowest BCUT2D eigenvalue weighted by Crippen LogP contribution is -2.32. The number of carbonyl (C=O) groups excluding carboxylic acids is 1. The van der Waals surface area contributed by atoms with Crippen molar-refractivity contribution in [1.29, 1.82) is 0 Å². The third-order valence-electron chi connectivity index (χ3n) is 4.37. The van der Waals surface area contributed by atoms with Crippen molar-refractivity contribution < 1.29 is 9.53 Å². The summed E-state index contributed by atoms with van der Waals surface area (Å²) in [5.74, 6) is 0.109. The number of likely N-dealkylation sites (tertiary alicyclic amines) is 1. The molecule has 1 atom stereocenters. The molecule has 2 fully saturated rings. The first-order chi connectivity index (χ1) is 9.58. The second-order valence-electron chi connectivity index (χ2n) is 5.92. The summed E-state index contributed by atoms with van der Waals surface area (Å²) >= 11 is 3.35. The molecule has 2 heterocycles. The second kappa shape index (κ2) is 5.45. The quantitative estimate of drug-likeness (QED) is 0.847. The molecule has 0 aromatic carbocycles. The van der Waals surface area contributed by atoms with Crippen LogP contribution in [-0.4, -0.2) is 35.5 Å². The lowest BCUT2D eigenvalue weighted by Gasteiger charge is -2.18. The molecule has 0 N–H and O–H groups in total. The van der Waals surface area contributed by atoms with Crippen molar-refractivity contribution >= 4 is 21.8 Å². The topological polar surface area (TPSA) is 42.4 Å². The van der Waals surface area contributed by atoms with Crippen LogP contribution in [0.3, 0.4) is 0 Å². The fraction of sp³-hybridized carbons (Fsp3) is 0.600.